The number of carboxylic acids is 1. The maximum Gasteiger partial charge on any atom is 0.339 e. The van der Waals surface area contributed by atoms with Gasteiger partial charge in [0.1, 0.15) is 11.3 Å². The fourth-order valence-corrected chi connectivity index (χ4v) is 2.85. The number of carbonyl (C=O) groups is 2. The maximum absolute atomic E-state index is 12.0. The monoisotopic (exact) mass is 308 g/mol. The Kier molecular flexibility index (Phi) is 4.42. The number of rotatable bonds is 5. The van der Waals surface area contributed by atoms with Crippen LogP contribution in [0.25, 0.3) is 0 Å². The van der Waals surface area contributed by atoms with Gasteiger partial charge in [0.2, 0.25) is 0 Å². The van der Waals surface area contributed by atoms with Crippen molar-refractivity contribution in [3.05, 3.63) is 38.7 Å². The van der Waals surface area contributed by atoms with Gasteiger partial charge in [0.05, 0.1) is 17.2 Å². The smallest absolute Gasteiger partial charge is 0.339 e. The molecule has 0 bridgehead atoms. The van der Waals surface area contributed by atoms with E-state index in [-0.39, 0.29) is 11.3 Å². The molecule has 2 N–H and O–H groups in total. The number of aromatic carboxylic acids is 1. The summed E-state index contributed by atoms with van der Waals surface area (Å²) < 4.78 is 5.31. The van der Waals surface area contributed by atoms with E-state index in [1.165, 1.54) is 17.4 Å². The van der Waals surface area contributed by atoms with Gasteiger partial charge in [-0.2, -0.15) is 0 Å². The van der Waals surface area contributed by atoms with E-state index < -0.39 is 11.9 Å². The van der Waals surface area contributed by atoms with E-state index in [0.717, 1.165) is 15.6 Å². The average molecular weight is 308 g/mol. The number of amides is 1. The SMILES string of the molecule is CCc1oc(C(=O)NCc2sc(C)nc2C)cc1C(=O)O. The Labute approximate surface area is 125 Å². The molecule has 2 rings (SSSR count). The predicted octanol–water partition coefficient (Wildman–Crippen LogP) is 2.54. The van der Waals surface area contributed by atoms with Crippen molar-refractivity contribution in [2.24, 2.45) is 0 Å². The number of hydrogen-bond donors (Lipinski definition) is 2. The van der Waals surface area contributed by atoms with E-state index >= 15 is 0 Å². The highest BCUT2D eigenvalue weighted by Crippen LogP contribution is 2.18. The molecule has 112 valence electrons. The maximum atomic E-state index is 12.0. The molecule has 2 heterocycles. The molecule has 6 nitrogen and oxygen atoms in total. The van der Waals surface area contributed by atoms with Crippen molar-refractivity contribution in [3.63, 3.8) is 0 Å². The van der Waals surface area contributed by atoms with Gasteiger partial charge < -0.3 is 14.8 Å². The fourth-order valence-electron chi connectivity index (χ4n) is 1.97. The third kappa shape index (κ3) is 3.30. The molecule has 0 radical (unpaired) electrons. The van der Waals surface area contributed by atoms with Gasteiger partial charge in [-0.3, -0.25) is 4.79 Å². The molecule has 0 atom stereocenters. The molecule has 0 saturated heterocycles. The third-order valence-corrected chi connectivity index (χ3v) is 4.07. The molecular formula is C14H16N2O4S. The lowest BCUT2D eigenvalue weighted by Gasteiger charge is -2.01. The molecule has 0 aliphatic carbocycles. The van der Waals surface area contributed by atoms with Crippen LogP contribution in [0.2, 0.25) is 0 Å². The second-order valence-electron chi connectivity index (χ2n) is 4.53. The number of carbonyl (C=O) groups excluding carboxylic acids is 1. The van der Waals surface area contributed by atoms with Crippen molar-refractivity contribution in [1.29, 1.82) is 0 Å². The highest BCUT2D eigenvalue weighted by Gasteiger charge is 2.20. The second-order valence-corrected chi connectivity index (χ2v) is 5.82. The molecule has 7 heteroatoms. The van der Waals surface area contributed by atoms with Crippen LogP contribution in [-0.4, -0.2) is 22.0 Å². The molecule has 0 aliphatic heterocycles. The standard InChI is InChI=1S/C14H16N2O4S/c1-4-10-9(14(18)19)5-11(20-10)13(17)15-6-12-7(2)16-8(3)21-12/h5H,4,6H2,1-3H3,(H,15,17)(H,18,19). The lowest BCUT2D eigenvalue weighted by molar-refractivity contribution is 0.0694. The number of hydrogen-bond acceptors (Lipinski definition) is 5. The Balaban J connectivity index is 2.10. The van der Waals surface area contributed by atoms with Crippen molar-refractivity contribution in [2.45, 2.75) is 33.7 Å². The summed E-state index contributed by atoms with van der Waals surface area (Å²) in [5, 5.41) is 12.7. The van der Waals surface area contributed by atoms with Gasteiger partial charge in [0.25, 0.3) is 5.91 Å². The first-order chi connectivity index (χ1) is 9.92. The van der Waals surface area contributed by atoms with E-state index in [1.54, 1.807) is 6.92 Å². The van der Waals surface area contributed by atoms with Gasteiger partial charge >= 0.3 is 5.97 Å². The predicted molar refractivity (Wildman–Crippen MR) is 77.8 cm³/mol. The van der Waals surface area contributed by atoms with Crippen molar-refractivity contribution in [1.82, 2.24) is 10.3 Å². The topological polar surface area (TPSA) is 92.4 Å². The number of carboxylic acid groups (broad SMARTS) is 1. The number of nitrogens with zero attached hydrogens (tertiary/aromatic N) is 1. The second kappa shape index (κ2) is 6.09. The summed E-state index contributed by atoms with van der Waals surface area (Å²) in [6.45, 7) is 5.91. The first-order valence-electron chi connectivity index (χ1n) is 6.49. The van der Waals surface area contributed by atoms with E-state index in [4.69, 9.17) is 9.52 Å². The summed E-state index contributed by atoms with van der Waals surface area (Å²) in [5.74, 6) is -1.20. The summed E-state index contributed by atoms with van der Waals surface area (Å²) in [6, 6.07) is 1.27. The molecule has 2 aromatic heterocycles. The van der Waals surface area contributed by atoms with Crippen LogP contribution < -0.4 is 5.32 Å². The highest BCUT2D eigenvalue weighted by atomic mass is 32.1. The number of furan rings is 1. The van der Waals surface area contributed by atoms with Gasteiger partial charge in [-0.1, -0.05) is 6.92 Å². The molecule has 0 saturated carbocycles. The summed E-state index contributed by atoms with van der Waals surface area (Å²) in [4.78, 5) is 28.3. The van der Waals surface area contributed by atoms with Gasteiger partial charge in [-0.25, -0.2) is 9.78 Å². The molecule has 0 aliphatic rings. The number of thiazole rings is 1. The molecule has 0 aromatic carbocycles. The molecule has 2 aromatic rings. The Morgan fingerprint density at radius 2 is 2.14 bits per heavy atom. The van der Waals surface area contributed by atoms with Gasteiger partial charge in [-0.05, 0) is 13.8 Å². The first-order valence-corrected chi connectivity index (χ1v) is 7.31. The van der Waals surface area contributed by atoms with Crippen molar-refractivity contribution < 1.29 is 19.1 Å². The number of nitrogens with one attached hydrogen (secondary N) is 1. The zero-order valence-corrected chi connectivity index (χ0v) is 12.8. The van der Waals surface area contributed by atoms with Crippen molar-refractivity contribution in [3.8, 4) is 0 Å². The van der Waals surface area contributed by atoms with Crippen LogP contribution >= 0.6 is 11.3 Å². The minimum absolute atomic E-state index is 0.0168. The van der Waals surface area contributed by atoms with E-state index in [2.05, 4.69) is 10.3 Å². The van der Waals surface area contributed by atoms with Crippen molar-refractivity contribution in [2.75, 3.05) is 0 Å². The fraction of sp³-hybridized carbons (Fsp3) is 0.357. The molecule has 0 spiro atoms. The van der Waals surface area contributed by atoms with Crippen LogP contribution in [-0.2, 0) is 13.0 Å². The third-order valence-electron chi connectivity index (χ3n) is 2.99. The minimum atomic E-state index is -1.09. The summed E-state index contributed by atoms with van der Waals surface area (Å²) in [7, 11) is 0. The van der Waals surface area contributed by atoms with E-state index in [9.17, 15) is 9.59 Å². The van der Waals surface area contributed by atoms with E-state index in [0.29, 0.717) is 18.7 Å². The molecular weight excluding hydrogens is 292 g/mol. The van der Waals surface area contributed by atoms with Gasteiger partial charge in [0, 0.05) is 17.4 Å². The van der Waals surface area contributed by atoms with Crippen LogP contribution in [0.5, 0.6) is 0 Å². The number of aryl methyl sites for hydroxylation is 3. The van der Waals surface area contributed by atoms with E-state index in [1.807, 2.05) is 13.8 Å². The van der Waals surface area contributed by atoms with Crippen LogP contribution in [0.1, 0.15) is 49.2 Å². The van der Waals surface area contributed by atoms with Crippen LogP contribution in [0, 0.1) is 13.8 Å². The summed E-state index contributed by atoms with van der Waals surface area (Å²) in [5.41, 5.74) is 0.921. The zero-order chi connectivity index (χ0) is 15.6. The van der Waals surface area contributed by atoms with Crippen molar-refractivity contribution >= 4 is 23.2 Å². The lowest BCUT2D eigenvalue weighted by atomic mass is 10.2. The van der Waals surface area contributed by atoms with Crippen LogP contribution in [0.15, 0.2) is 10.5 Å². The van der Waals surface area contributed by atoms with Crippen LogP contribution in [0.4, 0.5) is 0 Å². The average Bonchev–Trinajstić information content (AvgIpc) is 2.99. The minimum Gasteiger partial charge on any atom is -0.478 e. The Hall–Kier alpha value is -2.15. The lowest BCUT2D eigenvalue weighted by Crippen LogP contribution is -2.22. The highest BCUT2D eigenvalue weighted by molar-refractivity contribution is 7.11. The largest absolute Gasteiger partial charge is 0.478 e. The Bertz CT molecular complexity index is 687. The Morgan fingerprint density at radius 1 is 1.43 bits per heavy atom. The summed E-state index contributed by atoms with van der Waals surface area (Å²) in [6.07, 6.45) is 0.419. The Morgan fingerprint density at radius 3 is 2.62 bits per heavy atom. The summed E-state index contributed by atoms with van der Waals surface area (Å²) >= 11 is 1.52. The quantitative estimate of drug-likeness (QED) is 0.885. The zero-order valence-electron chi connectivity index (χ0n) is 12.0. The van der Waals surface area contributed by atoms with Crippen LogP contribution in [0.3, 0.4) is 0 Å². The molecule has 0 fully saturated rings. The molecule has 1 amide bonds. The molecule has 0 unspecified atom stereocenters. The van der Waals surface area contributed by atoms with Gasteiger partial charge in [-0.15, -0.1) is 11.3 Å². The normalized spacial score (nSPS) is 10.6. The van der Waals surface area contributed by atoms with Gasteiger partial charge in [0.15, 0.2) is 5.76 Å². The number of aromatic nitrogens is 1. The first kappa shape index (κ1) is 15.2. The molecule has 21 heavy (non-hydrogen) atoms.